The summed E-state index contributed by atoms with van der Waals surface area (Å²) in [5.74, 6) is -0.456. The standard InChI is InChI=1S/C16H11NO5/c1-9-5-12(18)15-13(19)6-11(7-14(15)21-9)22-16(20)10-3-2-4-17-8-10/h2-8,19H,1H3. The number of aromatic nitrogens is 1. The fourth-order valence-electron chi connectivity index (χ4n) is 2.07. The molecule has 6 nitrogen and oxygen atoms in total. The fourth-order valence-corrected chi connectivity index (χ4v) is 2.07. The second-order valence-corrected chi connectivity index (χ2v) is 4.67. The molecule has 0 unspecified atom stereocenters. The molecule has 2 aromatic heterocycles. The van der Waals surface area contributed by atoms with Gasteiger partial charge in [-0.15, -0.1) is 0 Å². The number of aromatic hydroxyl groups is 1. The summed E-state index contributed by atoms with van der Waals surface area (Å²) in [6.07, 6.45) is 2.91. The smallest absolute Gasteiger partial charge is 0.345 e. The molecule has 1 aromatic carbocycles. The number of hydrogen-bond acceptors (Lipinski definition) is 6. The van der Waals surface area contributed by atoms with Gasteiger partial charge in [-0.1, -0.05) is 0 Å². The zero-order valence-corrected chi connectivity index (χ0v) is 11.6. The van der Waals surface area contributed by atoms with Crippen LogP contribution in [0.1, 0.15) is 16.1 Å². The van der Waals surface area contributed by atoms with Crippen LogP contribution in [0.15, 0.2) is 51.9 Å². The molecule has 0 radical (unpaired) electrons. The number of fused-ring (bicyclic) bond motifs is 1. The van der Waals surface area contributed by atoms with Gasteiger partial charge < -0.3 is 14.3 Å². The van der Waals surface area contributed by atoms with E-state index in [1.54, 1.807) is 19.1 Å². The Bertz CT molecular complexity index is 915. The number of carbonyl (C=O) groups excluding carboxylic acids is 1. The van der Waals surface area contributed by atoms with Gasteiger partial charge in [0.25, 0.3) is 0 Å². The molecule has 22 heavy (non-hydrogen) atoms. The summed E-state index contributed by atoms with van der Waals surface area (Å²) in [6, 6.07) is 7.03. The van der Waals surface area contributed by atoms with E-state index in [0.717, 1.165) is 0 Å². The van der Waals surface area contributed by atoms with Crippen LogP contribution in [0.4, 0.5) is 0 Å². The fraction of sp³-hybridized carbons (Fsp3) is 0.0625. The Hall–Kier alpha value is -3.15. The average Bonchev–Trinajstić information content (AvgIpc) is 2.46. The number of hydrogen-bond donors (Lipinski definition) is 1. The third kappa shape index (κ3) is 2.54. The Kier molecular flexibility index (Phi) is 3.34. The minimum absolute atomic E-state index is 0.0479. The number of aryl methyl sites for hydroxylation is 1. The molecular formula is C16H11NO5. The van der Waals surface area contributed by atoms with Crippen molar-refractivity contribution in [3.63, 3.8) is 0 Å². The van der Waals surface area contributed by atoms with Gasteiger partial charge in [0, 0.05) is 30.6 Å². The minimum Gasteiger partial charge on any atom is -0.507 e. The number of esters is 1. The van der Waals surface area contributed by atoms with E-state index >= 15 is 0 Å². The molecule has 0 fully saturated rings. The van der Waals surface area contributed by atoms with Crippen molar-refractivity contribution in [1.29, 1.82) is 0 Å². The van der Waals surface area contributed by atoms with Crippen LogP contribution in [0.25, 0.3) is 11.0 Å². The first kappa shape index (κ1) is 13.8. The summed E-state index contributed by atoms with van der Waals surface area (Å²) in [7, 11) is 0. The number of pyridine rings is 1. The Labute approximate surface area is 124 Å². The van der Waals surface area contributed by atoms with E-state index in [2.05, 4.69) is 4.98 Å². The Morgan fingerprint density at radius 3 is 2.86 bits per heavy atom. The summed E-state index contributed by atoms with van der Waals surface area (Å²) < 4.78 is 10.6. The molecule has 0 bridgehead atoms. The monoisotopic (exact) mass is 297 g/mol. The van der Waals surface area contributed by atoms with Crippen molar-refractivity contribution in [1.82, 2.24) is 4.98 Å². The molecular weight excluding hydrogens is 286 g/mol. The lowest BCUT2D eigenvalue weighted by Crippen LogP contribution is -2.09. The lowest BCUT2D eigenvalue weighted by atomic mass is 10.2. The first-order valence-corrected chi connectivity index (χ1v) is 6.44. The highest BCUT2D eigenvalue weighted by atomic mass is 16.5. The van der Waals surface area contributed by atoms with Crippen molar-refractivity contribution in [3.8, 4) is 11.5 Å². The quantitative estimate of drug-likeness (QED) is 0.577. The van der Waals surface area contributed by atoms with Gasteiger partial charge in [-0.25, -0.2) is 4.79 Å². The van der Waals surface area contributed by atoms with Crippen LogP contribution in [-0.4, -0.2) is 16.1 Å². The summed E-state index contributed by atoms with van der Waals surface area (Å²) >= 11 is 0. The Balaban J connectivity index is 2.02. The van der Waals surface area contributed by atoms with E-state index < -0.39 is 5.97 Å². The molecule has 0 atom stereocenters. The van der Waals surface area contributed by atoms with Crippen molar-refractivity contribution >= 4 is 16.9 Å². The van der Waals surface area contributed by atoms with E-state index in [1.165, 1.54) is 30.6 Å². The number of phenolic OH excluding ortho intramolecular Hbond substituents is 1. The normalized spacial score (nSPS) is 10.6. The lowest BCUT2D eigenvalue weighted by molar-refractivity contribution is 0.0734. The lowest BCUT2D eigenvalue weighted by Gasteiger charge is -2.07. The average molecular weight is 297 g/mol. The predicted octanol–water partition coefficient (Wildman–Crippen LogP) is 2.42. The van der Waals surface area contributed by atoms with Crippen molar-refractivity contribution in [2.75, 3.05) is 0 Å². The van der Waals surface area contributed by atoms with Crippen molar-refractivity contribution in [2.45, 2.75) is 6.92 Å². The molecule has 0 aliphatic heterocycles. The van der Waals surface area contributed by atoms with Gasteiger partial charge in [-0.2, -0.15) is 0 Å². The molecule has 0 spiro atoms. The highest BCUT2D eigenvalue weighted by molar-refractivity contribution is 5.92. The SMILES string of the molecule is Cc1cc(=O)c2c(O)cc(OC(=O)c3cccnc3)cc2o1. The number of benzene rings is 1. The van der Waals surface area contributed by atoms with Crippen molar-refractivity contribution in [3.05, 3.63) is 64.3 Å². The summed E-state index contributed by atoms with van der Waals surface area (Å²) in [4.78, 5) is 27.6. The number of rotatable bonds is 2. The topological polar surface area (TPSA) is 89.6 Å². The second-order valence-electron chi connectivity index (χ2n) is 4.67. The van der Waals surface area contributed by atoms with E-state index in [1.807, 2.05) is 0 Å². The molecule has 0 aliphatic carbocycles. The predicted molar refractivity (Wildman–Crippen MR) is 78.1 cm³/mol. The van der Waals surface area contributed by atoms with Gasteiger partial charge in [-0.05, 0) is 19.1 Å². The molecule has 0 aliphatic rings. The highest BCUT2D eigenvalue weighted by Gasteiger charge is 2.14. The summed E-state index contributed by atoms with van der Waals surface area (Å²) in [5, 5.41) is 9.99. The first-order valence-electron chi connectivity index (χ1n) is 6.44. The maximum absolute atomic E-state index is 12.0. The zero-order valence-electron chi connectivity index (χ0n) is 11.6. The highest BCUT2D eigenvalue weighted by Crippen LogP contribution is 2.29. The number of ether oxygens (including phenoxy) is 1. The molecule has 2 heterocycles. The number of phenols is 1. The van der Waals surface area contributed by atoms with Gasteiger partial charge in [0.15, 0.2) is 5.43 Å². The van der Waals surface area contributed by atoms with Gasteiger partial charge in [0.05, 0.1) is 5.56 Å². The van der Waals surface area contributed by atoms with E-state index in [-0.39, 0.29) is 33.5 Å². The molecule has 0 saturated carbocycles. The van der Waals surface area contributed by atoms with Crippen LogP contribution >= 0.6 is 0 Å². The third-order valence-electron chi connectivity index (χ3n) is 3.01. The van der Waals surface area contributed by atoms with Gasteiger partial charge >= 0.3 is 5.97 Å². The van der Waals surface area contributed by atoms with Gasteiger partial charge in [0.1, 0.15) is 28.2 Å². The van der Waals surface area contributed by atoms with Crippen LogP contribution < -0.4 is 10.2 Å². The number of nitrogens with zero attached hydrogens (tertiary/aromatic N) is 1. The zero-order chi connectivity index (χ0) is 15.7. The maximum Gasteiger partial charge on any atom is 0.345 e. The van der Waals surface area contributed by atoms with Crippen LogP contribution in [0.3, 0.4) is 0 Å². The second kappa shape index (κ2) is 5.33. The summed E-state index contributed by atoms with van der Waals surface area (Å²) in [5.41, 5.74) is 0.0631. The maximum atomic E-state index is 12.0. The molecule has 3 rings (SSSR count). The van der Waals surface area contributed by atoms with Crippen molar-refractivity contribution in [2.24, 2.45) is 0 Å². The van der Waals surface area contributed by atoms with Crippen LogP contribution in [0, 0.1) is 6.92 Å². The molecule has 0 saturated heterocycles. The summed E-state index contributed by atoms with van der Waals surface area (Å²) in [6.45, 7) is 1.62. The van der Waals surface area contributed by atoms with Gasteiger partial charge in [-0.3, -0.25) is 9.78 Å². The van der Waals surface area contributed by atoms with Gasteiger partial charge in [0.2, 0.25) is 0 Å². The molecule has 6 heteroatoms. The van der Waals surface area contributed by atoms with Crippen LogP contribution in [-0.2, 0) is 0 Å². The van der Waals surface area contributed by atoms with E-state index in [0.29, 0.717) is 5.76 Å². The number of carbonyl (C=O) groups is 1. The van der Waals surface area contributed by atoms with Crippen LogP contribution in [0.2, 0.25) is 0 Å². The third-order valence-corrected chi connectivity index (χ3v) is 3.01. The van der Waals surface area contributed by atoms with E-state index in [9.17, 15) is 14.7 Å². The Morgan fingerprint density at radius 2 is 2.14 bits per heavy atom. The van der Waals surface area contributed by atoms with E-state index in [4.69, 9.17) is 9.15 Å². The molecule has 3 aromatic rings. The van der Waals surface area contributed by atoms with Crippen molar-refractivity contribution < 1.29 is 19.1 Å². The minimum atomic E-state index is -0.623. The largest absolute Gasteiger partial charge is 0.507 e. The molecule has 110 valence electrons. The Morgan fingerprint density at radius 1 is 1.32 bits per heavy atom. The first-order chi connectivity index (χ1) is 10.5. The molecule has 0 amide bonds. The van der Waals surface area contributed by atoms with Crippen LogP contribution in [0.5, 0.6) is 11.5 Å². The molecule has 1 N–H and O–H groups in total.